The molecule has 1 atom stereocenters. The molecule has 1 amide bonds. The average molecular weight is 466 g/mol. The molecule has 1 aromatic carbocycles. The Balaban J connectivity index is 1.69. The highest BCUT2D eigenvalue weighted by molar-refractivity contribution is 7.89. The first-order chi connectivity index (χ1) is 14.8. The Kier molecular flexibility index (Phi) is 7.53. The van der Waals surface area contributed by atoms with Crippen molar-refractivity contribution in [3.8, 4) is 0 Å². The molecule has 31 heavy (non-hydrogen) atoms. The molecular formula is C21H28ClN5O3S. The van der Waals surface area contributed by atoms with Crippen molar-refractivity contribution in [3.05, 3.63) is 53.2 Å². The Morgan fingerprint density at radius 3 is 2.19 bits per heavy atom. The maximum absolute atomic E-state index is 12.6. The second kappa shape index (κ2) is 9.95. The van der Waals surface area contributed by atoms with Crippen LogP contribution in [0.4, 0.5) is 5.82 Å². The van der Waals surface area contributed by atoms with Crippen LogP contribution in [-0.4, -0.2) is 67.8 Å². The third-order valence-electron chi connectivity index (χ3n) is 5.52. The van der Waals surface area contributed by atoms with Crippen molar-refractivity contribution in [1.82, 2.24) is 14.2 Å². The Bertz CT molecular complexity index is 987. The van der Waals surface area contributed by atoms with Crippen LogP contribution in [0.2, 0.25) is 5.02 Å². The summed E-state index contributed by atoms with van der Waals surface area (Å²) in [4.78, 5) is 20.8. The largest absolute Gasteiger partial charge is 0.368 e. The number of sulfonamides is 1. The summed E-state index contributed by atoms with van der Waals surface area (Å²) in [5.74, 6) is 0.306. The van der Waals surface area contributed by atoms with Crippen LogP contribution >= 0.6 is 11.6 Å². The van der Waals surface area contributed by atoms with Crippen molar-refractivity contribution >= 4 is 33.3 Å². The molecule has 2 heterocycles. The van der Waals surface area contributed by atoms with E-state index in [4.69, 9.17) is 17.3 Å². The minimum atomic E-state index is -3.53. The van der Waals surface area contributed by atoms with Gasteiger partial charge in [0.25, 0.3) is 0 Å². The number of anilines is 1. The fourth-order valence-corrected chi connectivity index (χ4v) is 5.36. The topological polar surface area (TPSA) is 99.8 Å². The van der Waals surface area contributed by atoms with Gasteiger partial charge in [0.05, 0.1) is 0 Å². The summed E-state index contributed by atoms with van der Waals surface area (Å²) >= 11 is 5.96. The van der Waals surface area contributed by atoms with E-state index >= 15 is 0 Å². The van der Waals surface area contributed by atoms with Gasteiger partial charge in [-0.1, -0.05) is 37.6 Å². The number of primary amides is 1. The molecule has 2 N–H and O–H groups in total. The Morgan fingerprint density at radius 2 is 1.71 bits per heavy atom. The smallest absolute Gasteiger partial charge is 0.244 e. The summed E-state index contributed by atoms with van der Waals surface area (Å²) in [5, 5.41) is 0.606. The van der Waals surface area contributed by atoms with E-state index in [1.807, 2.05) is 30.9 Å². The van der Waals surface area contributed by atoms with Gasteiger partial charge in [-0.25, -0.2) is 13.4 Å². The van der Waals surface area contributed by atoms with Gasteiger partial charge < -0.3 is 10.6 Å². The number of nitrogens with two attached hydrogens (primary N) is 1. The highest BCUT2D eigenvalue weighted by Crippen LogP contribution is 2.25. The fraction of sp³-hybridized carbons (Fsp3) is 0.429. The van der Waals surface area contributed by atoms with Gasteiger partial charge in [-0.3, -0.25) is 9.69 Å². The summed E-state index contributed by atoms with van der Waals surface area (Å²) in [6, 6.07) is 9.95. The maximum Gasteiger partial charge on any atom is 0.244 e. The lowest BCUT2D eigenvalue weighted by Gasteiger charge is -2.38. The summed E-state index contributed by atoms with van der Waals surface area (Å²) in [7, 11) is -3.53. The predicted octanol–water partition coefficient (Wildman–Crippen LogP) is 2.11. The van der Waals surface area contributed by atoms with Crippen LogP contribution < -0.4 is 10.6 Å². The molecule has 3 rings (SSSR count). The summed E-state index contributed by atoms with van der Waals surface area (Å²) in [6.07, 6.45) is 1.41. The third-order valence-corrected chi connectivity index (χ3v) is 7.81. The second-order valence-electron chi connectivity index (χ2n) is 7.32. The van der Waals surface area contributed by atoms with Gasteiger partial charge in [-0.2, -0.15) is 4.31 Å². The van der Waals surface area contributed by atoms with Gasteiger partial charge >= 0.3 is 0 Å². The van der Waals surface area contributed by atoms with E-state index in [-0.39, 0.29) is 4.90 Å². The van der Waals surface area contributed by atoms with Crippen molar-refractivity contribution in [2.75, 3.05) is 44.2 Å². The minimum absolute atomic E-state index is 0.190. The van der Waals surface area contributed by atoms with Crippen molar-refractivity contribution in [3.63, 3.8) is 0 Å². The van der Waals surface area contributed by atoms with E-state index < -0.39 is 22.0 Å². The number of hydrogen-bond donors (Lipinski definition) is 1. The molecule has 0 bridgehead atoms. The highest BCUT2D eigenvalue weighted by atomic mass is 35.5. The molecule has 1 fully saturated rings. The second-order valence-corrected chi connectivity index (χ2v) is 9.70. The van der Waals surface area contributed by atoms with Gasteiger partial charge in [0, 0.05) is 50.5 Å². The molecule has 0 aliphatic carbocycles. The Labute approximate surface area is 188 Å². The molecule has 0 radical (unpaired) electrons. The van der Waals surface area contributed by atoms with Crippen LogP contribution in [0.25, 0.3) is 0 Å². The van der Waals surface area contributed by atoms with Crippen LogP contribution in [0.1, 0.15) is 25.5 Å². The number of aromatic nitrogens is 1. The van der Waals surface area contributed by atoms with Crippen molar-refractivity contribution < 1.29 is 13.2 Å². The normalized spacial score (nSPS) is 16.5. The molecule has 8 nitrogen and oxygen atoms in total. The summed E-state index contributed by atoms with van der Waals surface area (Å²) in [5.41, 5.74) is 6.50. The quantitative estimate of drug-likeness (QED) is 0.641. The van der Waals surface area contributed by atoms with E-state index in [2.05, 4.69) is 9.88 Å². The first-order valence-electron chi connectivity index (χ1n) is 10.3. The molecule has 0 unspecified atom stereocenters. The highest BCUT2D eigenvalue weighted by Gasteiger charge is 2.29. The lowest BCUT2D eigenvalue weighted by Crippen LogP contribution is -2.50. The van der Waals surface area contributed by atoms with Crippen LogP contribution in [-0.2, 0) is 14.8 Å². The van der Waals surface area contributed by atoms with Crippen LogP contribution in [0.3, 0.4) is 0 Å². The summed E-state index contributed by atoms with van der Waals surface area (Å²) < 4.78 is 26.7. The van der Waals surface area contributed by atoms with Gasteiger partial charge in [-0.05, 0) is 29.8 Å². The summed E-state index contributed by atoms with van der Waals surface area (Å²) in [6.45, 7) is 6.99. The molecule has 0 saturated carbocycles. The zero-order valence-electron chi connectivity index (χ0n) is 17.7. The van der Waals surface area contributed by atoms with Crippen LogP contribution in [0, 0.1) is 0 Å². The monoisotopic (exact) mass is 465 g/mol. The zero-order valence-corrected chi connectivity index (χ0v) is 19.3. The molecule has 2 aromatic rings. The van der Waals surface area contributed by atoms with E-state index in [1.165, 1.54) is 10.5 Å². The number of halogens is 1. The number of hydrogen-bond acceptors (Lipinski definition) is 6. The zero-order chi connectivity index (χ0) is 22.6. The van der Waals surface area contributed by atoms with Gasteiger partial charge in [0.2, 0.25) is 15.9 Å². The Morgan fingerprint density at radius 1 is 1.10 bits per heavy atom. The third kappa shape index (κ3) is 5.17. The molecular weight excluding hydrogens is 438 g/mol. The molecule has 1 aromatic heterocycles. The number of benzene rings is 1. The van der Waals surface area contributed by atoms with E-state index in [0.29, 0.717) is 50.1 Å². The van der Waals surface area contributed by atoms with Gasteiger partial charge in [0.1, 0.15) is 16.8 Å². The molecule has 1 aliphatic rings. The van der Waals surface area contributed by atoms with Crippen molar-refractivity contribution in [1.29, 1.82) is 0 Å². The van der Waals surface area contributed by atoms with Crippen LogP contribution in [0.15, 0.2) is 47.5 Å². The number of carbonyl (C=O) groups is 1. The standard InChI is InChI=1S/C21H28ClN5O3S/c1-3-27(4-2)31(29,30)18-9-10-19(24-15-18)25-11-13-26(14-12-25)20(21(23)28)16-5-7-17(22)8-6-16/h5-10,15,20H,3-4,11-14H2,1-2H3,(H2,23,28)/t20-/m0/s1. The van der Waals surface area contributed by atoms with Crippen LogP contribution in [0.5, 0.6) is 0 Å². The van der Waals surface area contributed by atoms with E-state index in [0.717, 1.165) is 5.56 Å². The Hall–Kier alpha value is -2.20. The SMILES string of the molecule is CCN(CC)S(=O)(=O)c1ccc(N2CCN([C@H](C(N)=O)c3ccc(Cl)cc3)CC2)nc1. The van der Waals surface area contributed by atoms with E-state index in [9.17, 15) is 13.2 Å². The molecule has 1 saturated heterocycles. The first-order valence-corrected chi connectivity index (χ1v) is 12.1. The van der Waals surface area contributed by atoms with E-state index in [1.54, 1.807) is 24.3 Å². The lowest BCUT2D eigenvalue weighted by molar-refractivity contribution is -0.123. The number of rotatable bonds is 8. The van der Waals surface area contributed by atoms with Gasteiger partial charge in [-0.15, -0.1) is 0 Å². The fourth-order valence-electron chi connectivity index (χ4n) is 3.83. The number of amides is 1. The molecule has 10 heteroatoms. The number of nitrogens with zero attached hydrogens (tertiary/aromatic N) is 4. The minimum Gasteiger partial charge on any atom is -0.368 e. The predicted molar refractivity (Wildman–Crippen MR) is 122 cm³/mol. The average Bonchev–Trinajstić information content (AvgIpc) is 2.76. The molecule has 0 spiro atoms. The number of piperazine rings is 1. The van der Waals surface area contributed by atoms with Gasteiger partial charge in [0.15, 0.2) is 0 Å². The lowest BCUT2D eigenvalue weighted by atomic mass is 10.0. The maximum atomic E-state index is 12.6. The molecule has 168 valence electrons. The van der Waals surface area contributed by atoms with Crippen molar-refractivity contribution in [2.24, 2.45) is 5.73 Å². The number of carbonyl (C=O) groups excluding carboxylic acids is 1. The van der Waals surface area contributed by atoms with Crippen molar-refractivity contribution in [2.45, 2.75) is 24.8 Å². The number of pyridine rings is 1. The molecule has 1 aliphatic heterocycles. The first kappa shape index (κ1) is 23.5.